The number of rotatable bonds is 4. The van der Waals surface area contributed by atoms with Crippen LogP contribution in [0, 0.1) is 12.8 Å². The minimum absolute atomic E-state index is 0.0356. The number of hydrogen-bond donors (Lipinski definition) is 2. The van der Waals surface area contributed by atoms with Crippen molar-refractivity contribution in [2.45, 2.75) is 26.2 Å². The standard InChI is InChI=1S/C29H29N7OS/c1-18-4-2-3-5-24(18)35-10-12-36(13-11-35)29(37)19-6-8-22-25(15-19)38-28-26(22)27(30-17-31-28)33-21-7-9-23-20(14-21)16-32-34-23/h2-5,7,9,14,16-17,19H,6,8,10-13,15H2,1H3,(H,32,34)(H,30,31,33). The first-order chi connectivity index (χ1) is 18.6. The number of fused-ring (bicyclic) bond motifs is 4. The average Bonchev–Trinajstić information content (AvgIpc) is 3.57. The van der Waals surface area contributed by atoms with Gasteiger partial charge < -0.3 is 15.1 Å². The molecule has 0 bridgehead atoms. The Labute approximate surface area is 224 Å². The summed E-state index contributed by atoms with van der Waals surface area (Å²) in [6.07, 6.45) is 5.97. The van der Waals surface area contributed by atoms with Crippen molar-refractivity contribution in [3.05, 3.63) is 71.0 Å². The summed E-state index contributed by atoms with van der Waals surface area (Å²) in [5.74, 6) is 1.16. The molecule has 5 aromatic rings. The molecule has 38 heavy (non-hydrogen) atoms. The number of aromatic amines is 1. The third-order valence-electron chi connectivity index (χ3n) is 7.94. The van der Waals surface area contributed by atoms with Crippen LogP contribution in [0.4, 0.5) is 17.2 Å². The quantitative estimate of drug-likeness (QED) is 0.342. The van der Waals surface area contributed by atoms with Gasteiger partial charge in [-0.2, -0.15) is 5.10 Å². The molecule has 3 aromatic heterocycles. The molecular weight excluding hydrogens is 494 g/mol. The van der Waals surface area contributed by atoms with E-state index in [1.165, 1.54) is 21.7 Å². The number of H-pyrrole nitrogens is 1. The van der Waals surface area contributed by atoms with Crippen LogP contribution in [0.5, 0.6) is 0 Å². The van der Waals surface area contributed by atoms with Gasteiger partial charge in [-0.1, -0.05) is 18.2 Å². The van der Waals surface area contributed by atoms with Crippen LogP contribution in [0.3, 0.4) is 0 Å². The molecule has 0 radical (unpaired) electrons. The maximum Gasteiger partial charge on any atom is 0.226 e. The van der Waals surface area contributed by atoms with E-state index in [-0.39, 0.29) is 5.92 Å². The fourth-order valence-electron chi connectivity index (χ4n) is 5.92. The van der Waals surface area contributed by atoms with Crippen molar-refractivity contribution >= 4 is 55.6 Å². The summed E-state index contributed by atoms with van der Waals surface area (Å²) >= 11 is 1.71. The van der Waals surface area contributed by atoms with Crippen LogP contribution in [0.15, 0.2) is 55.0 Å². The van der Waals surface area contributed by atoms with Crippen LogP contribution in [0.2, 0.25) is 0 Å². The fourth-order valence-corrected chi connectivity index (χ4v) is 7.18. The van der Waals surface area contributed by atoms with E-state index in [1.807, 2.05) is 18.3 Å². The van der Waals surface area contributed by atoms with E-state index in [9.17, 15) is 4.79 Å². The van der Waals surface area contributed by atoms with Crippen molar-refractivity contribution in [1.29, 1.82) is 0 Å². The molecule has 1 amide bonds. The molecular formula is C29H29N7OS. The minimum atomic E-state index is 0.0356. The molecule has 1 fully saturated rings. The largest absolute Gasteiger partial charge is 0.368 e. The van der Waals surface area contributed by atoms with Crippen LogP contribution < -0.4 is 10.2 Å². The first kappa shape index (κ1) is 23.2. The molecule has 2 N–H and O–H groups in total. The van der Waals surface area contributed by atoms with Crippen molar-refractivity contribution in [3.63, 3.8) is 0 Å². The molecule has 0 saturated carbocycles. The smallest absolute Gasteiger partial charge is 0.226 e. The Morgan fingerprint density at radius 3 is 2.84 bits per heavy atom. The third-order valence-corrected chi connectivity index (χ3v) is 9.11. The van der Waals surface area contributed by atoms with E-state index < -0.39 is 0 Å². The molecule has 192 valence electrons. The number of aryl methyl sites for hydroxylation is 2. The average molecular weight is 524 g/mol. The van der Waals surface area contributed by atoms with Crippen molar-refractivity contribution in [2.24, 2.45) is 5.92 Å². The molecule has 1 unspecified atom stereocenters. The van der Waals surface area contributed by atoms with Crippen molar-refractivity contribution < 1.29 is 4.79 Å². The summed E-state index contributed by atoms with van der Waals surface area (Å²) in [4.78, 5) is 29.5. The Balaban J connectivity index is 1.07. The highest BCUT2D eigenvalue weighted by molar-refractivity contribution is 7.19. The zero-order valence-electron chi connectivity index (χ0n) is 21.3. The summed E-state index contributed by atoms with van der Waals surface area (Å²) in [7, 11) is 0. The molecule has 1 aliphatic carbocycles. The highest BCUT2D eigenvalue weighted by Crippen LogP contribution is 2.41. The number of aromatic nitrogens is 4. The van der Waals surface area contributed by atoms with E-state index in [0.717, 1.165) is 78.1 Å². The minimum Gasteiger partial charge on any atom is -0.368 e. The van der Waals surface area contributed by atoms with Crippen LogP contribution in [-0.4, -0.2) is 57.2 Å². The van der Waals surface area contributed by atoms with Crippen molar-refractivity contribution in [2.75, 3.05) is 36.4 Å². The summed E-state index contributed by atoms with van der Waals surface area (Å²) in [5, 5.41) is 12.8. The van der Waals surface area contributed by atoms with Gasteiger partial charge in [-0.3, -0.25) is 9.89 Å². The molecule has 9 heteroatoms. The molecule has 2 aromatic carbocycles. The monoisotopic (exact) mass is 523 g/mol. The highest BCUT2D eigenvalue weighted by Gasteiger charge is 2.33. The lowest BCUT2D eigenvalue weighted by Crippen LogP contribution is -2.51. The summed E-state index contributed by atoms with van der Waals surface area (Å²) < 4.78 is 0. The van der Waals surface area contributed by atoms with Gasteiger partial charge in [-0.15, -0.1) is 11.3 Å². The van der Waals surface area contributed by atoms with E-state index in [4.69, 9.17) is 0 Å². The topological polar surface area (TPSA) is 90.0 Å². The third kappa shape index (κ3) is 4.07. The molecule has 1 aliphatic heterocycles. The SMILES string of the molecule is Cc1ccccc1N1CCN(C(=O)C2CCc3c(sc4ncnc(Nc5ccc6[nH]ncc6c5)c34)C2)CC1. The van der Waals surface area contributed by atoms with Gasteiger partial charge in [0.15, 0.2) is 0 Å². The Bertz CT molecular complexity index is 1650. The molecule has 7 rings (SSSR count). The van der Waals surface area contributed by atoms with Gasteiger partial charge in [0.1, 0.15) is 17.0 Å². The summed E-state index contributed by atoms with van der Waals surface area (Å²) in [5.41, 5.74) is 5.83. The highest BCUT2D eigenvalue weighted by atomic mass is 32.1. The Hall–Kier alpha value is -3.98. The first-order valence-corrected chi connectivity index (χ1v) is 14.0. The Morgan fingerprint density at radius 2 is 1.97 bits per heavy atom. The van der Waals surface area contributed by atoms with Crippen LogP contribution in [0.25, 0.3) is 21.1 Å². The summed E-state index contributed by atoms with van der Waals surface area (Å²) in [6, 6.07) is 14.6. The Kier molecular flexibility index (Phi) is 5.73. The van der Waals surface area contributed by atoms with Crippen molar-refractivity contribution in [3.8, 4) is 0 Å². The number of hydrogen-bond acceptors (Lipinski definition) is 7. The number of carbonyl (C=O) groups excluding carboxylic acids is 1. The van der Waals surface area contributed by atoms with Crippen LogP contribution >= 0.6 is 11.3 Å². The van der Waals surface area contributed by atoms with E-state index in [2.05, 4.69) is 72.5 Å². The molecule has 8 nitrogen and oxygen atoms in total. The van der Waals surface area contributed by atoms with Gasteiger partial charge in [0.25, 0.3) is 0 Å². The summed E-state index contributed by atoms with van der Waals surface area (Å²) in [6.45, 7) is 5.48. The number of anilines is 3. The van der Waals surface area contributed by atoms with E-state index in [1.54, 1.807) is 17.7 Å². The van der Waals surface area contributed by atoms with Gasteiger partial charge >= 0.3 is 0 Å². The zero-order chi connectivity index (χ0) is 25.6. The number of piperazine rings is 1. The van der Waals surface area contributed by atoms with Crippen LogP contribution in [0.1, 0.15) is 22.4 Å². The van der Waals surface area contributed by atoms with Gasteiger partial charge in [-0.25, -0.2) is 9.97 Å². The lowest BCUT2D eigenvalue weighted by Gasteiger charge is -2.38. The Morgan fingerprint density at radius 1 is 1.11 bits per heavy atom. The van der Waals surface area contributed by atoms with Gasteiger partial charge in [0.05, 0.1) is 17.1 Å². The maximum absolute atomic E-state index is 13.5. The van der Waals surface area contributed by atoms with Gasteiger partial charge in [-0.05, 0) is 61.6 Å². The number of para-hydroxylation sites is 1. The number of benzene rings is 2. The number of thiophene rings is 1. The molecule has 1 saturated heterocycles. The number of carbonyl (C=O) groups is 1. The molecule has 4 heterocycles. The van der Waals surface area contributed by atoms with Crippen LogP contribution in [-0.2, 0) is 17.6 Å². The van der Waals surface area contributed by atoms with Crippen molar-refractivity contribution in [1.82, 2.24) is 25.1 Å². The van der Waals surface area contributed by atoms with E-state index >= 15 is 0 Å². The molecule has 2 aliphatic rings. The second-order valence-corrected chi connectivity index (χ2v) is 11.3. The zero-order valence-corrected chi connectivity index (χ0v) is 22.1. The second-order valence-electron chi connectivity index (χ2n) is 10.2. The number of nitrogens with zero attached hydrogens (tertiary/aromatic N) is 5. The molecule has 1 atom stereocenters. The predicted octanol–water partition coefficient (Wildman–Crippen LogP) is 5.07. The maximum atomic E-state index is 13.5. The lowest BCUT2D eigenvalue weighted by molar-refractivity contribution is -0.136. The van der Waals surface area contributed by atoms with Gasteiger partial charge in [0.2, 0.25) is 5.91 Å². The molecule has 0 spiro atoms. The fraction of sp³-hybridized carbons (Fsp3) is 0.310. The second kappa shape index (κ2) is 9.40. The number of nitrogens with one attached hydrogen (secondary N) is 2. The van der Waals surface area contributed by atoms with E-state index in [0.29, 0.717) is 5.91 Å². The number of amides is 1. The lowest BCUT2D eigenvalue weighted by atomic mass is 9.86. The normalized spacial score (nSPS) is 17.7. The predicted molar refractivity (Wildman–Crippen MR) is 152 cm³/mol. The first-order valence-electron chi connectivity index (χ1n) is 13.2. The van der Waals surface area contributed by atoms with Gasteiger partial charge in [0, 0.05) is 53.7 Å².